The highest BCUT2D eigenvalue weighted by molar-refractivity contribution is 6.32. The molecule has 0 aliphatic heterocycles. The molecule has 0 saturated heterocycles. The summed E-state index contributed by atoms with van der Waals surface area (Å²) in [5.74, 6) is -0.132. The van der Waals surface area contributed by atoms with Gasteiger partial charge in [-0.15, -0.1) is 0 Å². The van der Waals surface area contributed by atoms with Crippen molar-refractivity contribution in [2.45, 2.75) is 0 Å². The third-order valence-electron chi connectivity index (χ3n) is 2.17. The third kappa shape index (κ3) is 4.62. The fourth-order valence-electron chi connectivity index (χ4n) is 1.25. The van der Waals surface area contributed by atoms with Crippen LogP contribution in [0.2, 0.25) is 5.02 Å². The topological polar surface area (TPSA) is 74.2 Å². The second-order valence-electron chi connectivity index (χ2n) is 3.50. The zero-order valence-electron chi connectivity index (χ0n) is 10.00. The number of benzene rings is 1. The molecule has 1 aromatic rings. The smallest absolute Gasteiger partial charge is 0.239 e. The fourth-order valence-corrected chi connectivity index (χ4v) is 1.48. The molecule has 0 spiro atoms. The number of carbonyl (C=O) groups excluding carboxylic acids is 1. The Bertz CT molecular complexity index is 457. The molecule has 0 radical (unpaired) electrons. The van der Waals surface area contributed by atoms with E-state index in [-0.39, 0.29) is 12.5 Å². The first kappa shape index (κ1) is 14.3. The minimum Gasteiger partial charge on any atom is -0.383 e. The number of nitrogens with zero attached hydrogens (tertiary/aromatic N) is 1. The molecule has 0 fully saturated rings. The van der Waals surface area contributed by atoms with Crippen LogP contribution in [0.4, 0.5) is 5.69 Å². The van der Waals surface area contributed by atoms with E-state index in [1.165, 1.54) is 0 Å². The maximum atomic E-state index is 11.4. The number of carbonyl (C=O) groups is 1. The molecule has 0 unspecified atom stereocenters. The van der Waals surface area contributed by atoms with Gasteiger partial charge in [-0.3, -0.25) is 4.79 Å². The summed E-state index contributed by atoms with van der Waals surface area (Å²) >= 11 is 5.87. The van der Waals surface area contributed by atoms with E-state index in [9.17, 15) is 4.79 Å². The lowest BCUT2D eigenvalue weighted by molar-refractivity contribution is -0.119. The van der Waals surface area contributed by atoms with E-state index in [4.69, 9.17) is 21.6 Å². The van der Waals surface area contributed by atoms with Gasteiger partial charge in [-0.25, -0.2) is 0 Å². The van der Waals surface area contributed by atoms with Crippen molar-refractivity contribution < 1.29 is 9.53 Å². The number of hydrogen-bond acceptors (Lipinski definition) is 4. The second-order valence-corrected chi connectivity index (χ2v) is 3.91. The van der Waals surface area contributed by atoms with E-state index >= 15 is 0 Å². The lowest BCUT2D eigenvalue weighted by Gasteiger charge is -2.08. The van der Waals surface area contributed by atoms with E-state index in [0.717, 1.165) is 0 Å². The molecule has 0 heterocycles. The van der Waals surface area contributed by atoms with Gasteiger partial charge in [0.15, 0.2) is 0 Å². The minimum atomic E-state index is -0.132. The molecule has 0 aromatic heterocycles. The van der Waals surface area contributed by atoms with Crippen molar-refractivity contribution in [1.82, 2.24) is 5.32 Å². The van der Waals surface area contributed by atoms with Gasteiger partial charge in [0, 0.05) is 19.3 Å². The molecule has 0 saturated carbocycles. The van der Waals surface area contributed by atoms with Crippen molar-refractivity contribution in [2.75, 3.05) is 32.1 Å². The lowest BCUT2D eigenvalue weighted by Crippen LogP contribution is -2.32. The normalized spacial score (nSPS) is 9.61. The minimum absolute atomic E-state index is 0.132. The van der Waals surface area contributed by atoms with E-state index in [0.29, 0.717) is 29.4 Å². The van der Waals surface area contributed by atoms with Crippen LogP contribution in [0.5, 0.6) is 0 Å². The number of ether oxygens (including phenoxy) is 1. The number of hydrogen-bond donors (Lipinski definition) is 2. The maximum absolute atomic E-state index is 11.4. The highest BCUT2D eigenvalue weighted by atomic mass is 35.5. The van der Waals surface area contributed by atoms with Crippen LogP contribution in [0.15, 0.2) is 18.2 Å². The van der Waals surface area contributed by atoms with Crippen LogP contribution in [0, 0.1) is 11.3 Å². The first-order valence-corrected chi connectivity index (χ1v) is 5.74. The third-order valence-corrected chi connectivity index (χ3v) is 2.48. The highest BCUT2D eigenvalue weighted by Gasteiger charge is 2.03. The Morgan fingerprint density at radius 1 is 1.56 bits per heavy atom. The Hall–Kier alpha value is -1.77. The summed E-state index contributed by atoms with van der Waals surface area (Å²) < 4.78 is 4.81. The van der Waals surface area contributed by atoms with Gasteiger partial charge >= 0.3 is 0 Å². The Morgan fingerprint density at radius 3 is 2.94 bits per heavy atom. The van der Waals surface area contributed by atoms with Crippen molar-refractivity contribution in [2.24, 2.45) is 0 Å². The summed E-state index contributed by atoms with van der Waals surface area (Å²) in [6.07, 6.45) is 0. The van der Waals surface area contributed by atoms with Gasteiger partial charge in [0.05, 0.1) is 23.7 Å². The van der Waals surface area contributed by atoms with Crippen LogP contribution in [-0.2, 0) is 9.53 Å². The number of amides is 1. The number of anilines is 1. The van der Waals surface area contributed by atoms with Crippen LogP contribution in [0.1, 0.15) is 5.56 Å². The molecule has 5 nitrogen and oxygen atoms in total. The van der Waals surface area contributed by atoms with Gasteiger partial charge in [-0.1, -0.05) is 11.6 Å². The first-order valence-electron chi connectivity index (χ1n) is 5.36. The van der Waals surface area contributed by atoms with Crippen LogP contribution >= 0.6 is 11.6 Å². The van der Waals surface area contributed by atoms with Crippen molar-refractivity contribution in [3.8, 4) is 6.07 Å². The number of halogens is 1. The zero-order chi connectivity index (χ0) is 13.4. The summed E-state index contributed by atoms with van der Waals surface area (Å²) in [5, 5.41) is 14.7. The predicted octanol–water partition coefficient (Wildman–Crippen LogP) is 1.39. The van der Waals surface area contributed by atoms with E-state index in [1.54, 1.807) is 25.3 Å². The average Bonchev–Trinajstić information content (AvgIpc) is 2.37. The van der Waals surface area contributed by atoms with Gasteiger partial charge < -0.3 is 15.4 Å². The SMILES string of the molecule is COCCNC(=O)CNc1ccc(C#N)c(Cl)c1. The summed E-state index contributed by atoms with van der Waals surface area (Å²) in [4.78, 5) is 11.4. The predicted molar refractivity (Wildman–Crippen MR) is 69.5 cm³/mol. The lowest BCUT2D eigenvalue weighted by atomic mass is 10.2. The van der Waals surface area contributed by atoms with E-state index in [2.05, 4.69) is 10.6 Å². The van der Waals surface area contributed by atoms with Gasteiger partial charge in [-0.2, -0.15) is 5.26 Å². The largest absolute Gasteiger partial charge is 0.383 e. The molecule has 2 N–H and O–H groups in total. The van der Waals surface area contributed by atoms with Crippen molar-refractivity contribution in [3.05, 3.63) is 28.8 Å². The molecule has 1 rings (SSSR count). The van der Waals surface area contributed by atoms with Crippen LogP contribution in [-0.4, -0.2) is 32.7 Å². The molecule has 1 aromatic carbocycles. The Balaban J connectivity index is 2.42. The fraction of sp³-hybridized carbons (Fsp3) is 0.333. The van der Waals surface area contributed by atoms with Crippen molar-refractivity contribution in [1.29, 1.82) is 5.26 Å². The van der Waals surface area contributed by atoms with E-state index < -0.39 is 0 Å². The first-order chi connectivity index (χ1) is 8.67. The number of nitriles is 1. The maximum Gasteiger partial charge on any atom is 0.239 e. The van der Waals surface area contributed by atoms with E-state index in [1.807, 2.05) is 6.07 Å². The molecule has 0 aliphatic carbocycles. The molecule has 18 heavy (non-hydrogen) atoms. The molecular formula is C12H14ClN3O2. The van der Waals surface area contributed by atoms with Gasteiger partial charge in [0.1, 0.15) is 6.07 Å². The summed E-state index contributed by atoms with van der Waals surface area (Å²) in [6.45, 7) is 1.10. The molecule has 0 bridgehead atoms. The number of methoxy groups -OCH3 is 1. The summed E-state index contributed by atoms with van der Waals surface area (Å²) in [6, 6.07) is 6.89. The Kier molecular flexibility index (Phi) is 5.98. The molecule has 0 atom stereocenters. The Labute approximate surface area is 111 Å². The van der Waals surface area contributed by atoms with Crippen LogP contribution in [0.25, 0.3) is 0 Å². The molecule has 6 heteroatoms. The highest BCUT2D eigenvalue weighted by Crippen LogP contribution is 2.19. The zero-order valence-corrected chi connectivity index (χ0v) is 10.8. The van der Waals surface area contributed by atoms with Crippen LogP contribution < -0.4 is 10.6 Å². The van der Waals surface area contributed by atoms with Gasteiger partial charge in [0.25, 0.3) is 0 Å². The molecule has 1 amide bonds. The molecule has 96 valence electrons. The number of rotatable bonds is 6. The summed E-state index contributed by atoms with van der Waals surface area (Å²) in [5.41, 5.74) is 1.10. The van der Waals surface area contributed by atoms with Crippen molar-refractivity contribution >= 4 is 23.2 Å². The molecule has 0 aliphatic rings. The average molecular weight is 268 g/mol. The molecular weight excluding hydrogens is 254 g/mol. The number of nitrogens with one attached hydrogen (secondary N) is 2. The van der Waals surface area contributed by atoms with Crippen LogP contribution in [0.3, 0.4) is 0 Å². The van der Waals surface area contributed by atoms with Gasteiger partial charge in [-0.05, 0) is 18.2 Å². The quantitative estimate of drug-likeness (QED) is 0.764. The standard InChI is InChI=1S/C12H14ClN3O2/c1-18-5-4-15-12(17)8-16-10-3-2-9(7-14)11(13)6-10/h2-3,6,16H,4-5,8H2,1H3,(H,15,17). The van der Waals surface area contributed by atoms with Gasteiger partial charge in [0.2, 0.25) is 5.91 Å². The van der Waals surface area contributed by atoms with Crippen molar-refractivity contribution in [3.63, 3.8) is 0 Å². The Morgan fingerprint density at radius 2 is 2.33 bits per heavy atom. The monoisotopic (exact) mass is 267 g/mol. The second kappa shape index (κ2) is 7.54. The summed E-state index contributed by atoms with van der Waals surface area (Å²) in [7, 11) is 1.57.